The van der Waals surface area contributed by atoms with Crippen LogP contribution in [-0.2, 0) is 20.7 Å². The molecular weight excluding hydrogens is 855 g/mol. The minimum absolute atomic E-state index is 0.00414. The first-order valence-electron chi connectivity index (χ1n) is 25.0. The van der Waals surface area contributed by atoms with E-state index in [1.54, 1.807) is 13.1 Å². The van der Waals surface area contributed by atoms with Gasteiger partial charge in [0.2, 0.25) is 5.78 Å². The molecule has 0 aromatic heterocycles. The van der Waals surface area contributed by atoms with E-state index >= 15 is 14.4 Å². The average Bonchev–Trinajstić information content (AvgIpc) is 4.05. The second kappa shape index (κ2) is 21.2. The molecule has 1 saturated heterocycles. The standard InChI is InChI=1S/C54H75N9O5/c1-34(24-44(63-51(56)58-5)39-21-23-59-46(27-39)62-33-57-4)20-22-53-48(64)42-17-11-16-40(29-52(2,3)28-36-18-19-45(55)61-31-36)47(42)49(65)54(53,68-53)50(66)67-32-41-25-37-14-9-10-15-38(37)26-43(41)60-30-35-12-7-6-8-13-35/h10-11,15-21,26-27,31,35,37,41,43-45,57,59-62H,6-9,12-14,22-25,28-30,32-33,55H2,1-5H3,(H3,56,58,63)/b34-20+/t37-,41-,43-,44-,45?,53-,54-/m0/s1. The highest BCUT2D eigenvalue weighted by atomic mass is 16.7. The van der Waals surface area contributed by atoms with E-state index in [4.69, 9.17) is 20.9 Å². The number of hydrogen-bond donors (Lipinski definition) is 8. The number of ether oxygens (including phenoxy) is 2. The van der Waals surface area contributed by atoms with Crippen molar-refractivity contribution in [3.63, 3.8) is 0 Å². The van der Waals surface area contributed by atoms with Crippen molar-refractivity contribution in [2.45, 2.75) is 127 Å². The lowest BCUT2D eigenvalue weighted by Gasteiger charge is -2.37. The molecule has 4 aliphatic carbocycles. The molecule has 2 fully saturated rings. The molecule has 3 heterocycles. The average molecular weight is 930 g/mol. The van der Waals surface area contributed by atoms with Crippen molar-refractivity contribution < 1.29 is 23.9 Å². The fourth-order valence-corrected chi connectivity index (χ4v) is 11.4. The molecule has 0 spiro atoms. The number of benzene rings is 1. The zero-order chi connectivity index (χ0) is 48.1. The van der Waals surface area contributed by atoms with Crippen molar-refractivity contribution in [1.29, 1.82) is 0 Å². The Hall–Kier alpha value is -5.28. The summed E-state index contributed by atoms with van der Waals surface area (Å²) in [6.45, 7) is 8.50. The van der Waals surface area contributed by atoms with Crippen LogP contribution in [0.2, 0.25) is 0 Å². The fourth-order valence-electron chi connectivity index (χ4n) is 11.4. The highest BCUT2D eigenvalue weighted by molar-refractivity contribution is 6.33. The van der Waals surface area contributed by atoms with Gasteiger partial charge < -0.3 is 52.8 Å². The van der Waals surface area contributed by atoms with E-state index in [1.165, 1.54) is 37.7 Å². The van der Waals surface area contributed by atoms with Crippen molar-refractivity contribution in [3.8, 4) is 0 Å². The van der Waals surface area contributed by atoms with Gasteiger partial charge in [0.1, 0.15) is 5.82 Å². The summed E-state index contributed by atoms with van der Waals surface area (Å²) in [5, 5.41) is 20.2. The van der Waals surface area contributed by atoms with Gasteiger partial charge in [0, 0.05) is 49.3 Å². The number of nitrogens with zero attached hydrogens (tertiary/aromatic N) is 1. The van der Waals surface area contributed by atoms with Gasteiger partial charge in [-0.3, -0.25) is 14.6 Å². The summed E-state index contributed by atoms with van der Waals surface area (Å²) in [5.74, 6) is 0.494. The number of carbonyl (C=O) groups is 3. The Morgan fingerprint density at radius 1 is 1.12 bits per heavy atom. The van der Waals surface area contributed by atoms with E-state index in [0.29, 0.717) is 55.8 Å². The van der Waals surface area contributed by atoms with Crippen LogP contribution in [0.1, 0.15) is 118 Å². The highest BCUT2D eigenvalue weighted by Gasteiger charge is 2.85. The van der Waals surface area contributed by atoms with Crippen molar-refractivity contribution >= 4 is 23.5 Å². The maximum atomic E-state index is 15.4. The Balaban J connectivity index is 1.08. The number of carbonyl (C=O) groups excluding carboxylic acids is 3. The summed E-state index contributed by atoms with van der Waals surface area (Å²) in [7, 11) is 3.51. The van der Waals surface area contributed by atoms with Crippen molar-refractivity contribution in [2.24, 2.45) is 39.6 Å². The first-order valence-corrected chi connectivity index (χ1v) is 25.0. The molecule has 1 unspecified atom stereocenters. The Kier molecular flexibility index (Phi) is 15.3. The lowest BCUT2D eigenvalue weighted by molar-refractivity contribution is -0.150. The maximum Gasteiger partial charge on any atom is 0.350 e. The number of nitrogens with two attached hydrogens (primary N) is 2. The monoisotopic (exact) mass is 930 g/mol. The zero-order valence-electron chi connectivity index (χ0n) is 40.8. The smallest absolute Gasteiger partial charge is 0.350 e. The molecule has 1 saturated carbocycles. The molecule has 14 heteroatoms. The van der Waals surface area contributed by atoms with Crippen LogP contribution < -0.4 is 43.4 Å². The second-order valence-corrected chi connectivity index (χ2v) is 20.9. The number of allylic oxidation sites excluding steroid dienone is 5. The third-order valence-corrected chi connectivity index (χ3v) is 15.1. The van der Waals surface area contributed by atoms with Gasteiger partial charge in [-0.05, 0) is 124 Å². The van der Waals surface area contributed by atoms with E-state index < -0.39 is 23.0 Å². The number of dihydropyridines is 2. The van der Waals surface area contributed by atoms with Crippen molar-refractivity contribution in [2.75, 3.05) is 40.5 Å². The van der Waals surface area contributed by atoms with Crippen LogP contribution in [0.15, 0.2) is 106 Å². The van der Waals surface area contributed by atoms with Gasteiger partial charge in [0.25, 0.3) is 5.60 Å². The van der Waals surface area contributed by atoms with Gasteiger partial charge in [0.05, 0.1) is 25.5 Å². The predicted octanol–water partition coefficient (Wildman–Crippen LogP) is 5.62. The van der Waals surface area contributed by atoms with Crippen molar-refractivity contribution in [1.82, 2.24) is 31.9 Å². The van der Waals surface area contributed by atoms with Crippen LogP contribution in [0.3, 0.4) is 0 Å². The number of ketones is 2. The third kappa shape index (κ3) is 10.6. The Bertz CT molecular complexity index is 2340. The van der Waals surface area contributed by atoms with E-state index in [1.807, 2.05) is 56.6 Å². The summed E-state index contributed by atoms with van der Waals surface area (Å²) in [6.07, 6.45) is 29.5. The minimum Gasteiger partial charge on any atom is -0.463 e. The molecular formula is C54H75N9O5. The van der Waals surface area contributed by atoms with Crippen LogP contribution in [0, 0.1) is 23.2 Å². The first kappa shape index (κ1) is 49.2. The lowest BCUT2D eigenvalue weighted by Crippen LogP contribution is -2.51. The molecule has 7 atom stereocenters. The number of Topliss-reactive ketones (excluding diaryl/α,β-unsaturated/α-hetero) is 2. The molecule has 10 N–H and O–H groups in total. The van der Waals surface area contributed by atoms with E-state index in [-0.39, 0.29) is 59.5 Å². The van der Waals surface area contributed by atoms with Gasteiger partial charge in [-0.2, -0.15) is 0 Å². The third-order valence-electron chi connectivity index (χ3n) is 15.1. The van der Waals surface area contributed by atoms with Crippen LogP contribution in [0.5, 0.6) is 0 Å². The minimum atomic E-state index is -2.12. The highest BCUT2D eigenvalue weighted by Crippen LogP contribution is 2.59. The van der Waals surface area contributed by atoms with Gasteiger partial charge in [-0.1, -0.05) is 93.3 Å². The lowest BCUT2D eigenvalue weighted by atomic mass is 9.69. The number of aliphatic imine (C=N–C) groups is 1. The quantitative estimate of drug-likeness (QED) is 0.0161. The number of hydrogen-bond acceptors (Lipinski definition) is 12. The number of epoxide rings is 1. The molecule has 68 heavy (non-hydrogen) atoms. The fraction of sp³-hybridized carbons (Fsp3) is 0.556. The molecule has 1 aromatic rings. The van der Waals surface area contributed by atoms with E-state index in [2.05, 4.69) is 75.0 Å². The van der Waals surface area contributed by atoms with Gasteiger partial charge >= 0.3 is 5.97 Å². The van der Waals surface area contributed by atoms with Gasteiger partial charge in [0.15, 0.2) is 17.3 Å². The topological polar surface area (TPSA) is 210 Å². The maximum absolute atomic E-state index is 15.4. The van der Waals surface area contributed by atoms with Crippen LogP contribution >= 0.6 is 0 Å². The van der Waals surface area contributed by atoms with Crippen molar-refractivity contribution in [3.05, 3.63) is 118 Å². The number of rotatable bonds is 19. The van der Waals surface area contributed by atoms with Crippen LogP contribution in [0.4, 0.5) is 0 Å². The van der Waals surface area contributed by atoms with Gasteiger partial charge in [-0.25, -0.2) is 4.79 Å². The molecule has 7 aliphatic rings. The number of fused-ring (bicyclic) bond motifs is 3. The summed E-state index contributed by atoms with van der Waals surface area (Å²) in [5.41, 5.74) is 13.6. The number of esters is 1. The van der Waals surface area contributed by atoms with Crippen LogP contribution in [-0.4, -0.2) is 93.4 Å². The summed E-state index contributed by atoms with van der Waals surface area (Å²) in [4.78, 5) is 49.8. The molecule has 3 aliphatic heterocycles. The molecule has 0 amide bonds. The first-order chi connectivity index (χ1) is 32.8. The SMILES string of the molecule is CN=C(N)N[C@@H](C/C(C)=C/C[C@@]12O[C@]1(C(=O)OC[C@@H]1C[C@@H]3CCC=CC3=C[C@@H]1NCC1CCCCC1)C(=O)c1c(CC(C)(C)CC3=CNC(N)C=C3)cccc1C2=O)C1=CCNC(NCNC)=C1. The Morgan fingerprint density at radius 3 is 2.71 bits per heavy atom. The second-order valence-electron chi connectivity index (χ2n) is 20.9. The Morgan fingerprint density at radius 2 is 1.94 bits per heavy atom. The molecule has 1 aromatic carbocycles. The number of guanidine groups is 1. The van der Waals surface area contributed by atoms with Crippen LogP contribution in [0.25, 0.3) is 0 Å². The summed E-state index contributed by atoms with van der Waals surface area (Å²) < 4.78 is 12.9. The van der Waals surface area contributed by atoms with Gasteiger partial charge in [-0.15, -0.1) is 0 Å². The molecule has 8 rings (SSSR count). The zero-order valence-corrected chi connectivity index (χ0v) is 40.8. The Labute approximate surface area is 403 Å². The largest absolute Gasteiger partial charge is 0.463 e. The molecule has 14 nitrogen and oxygen atoms in total. The molecule has 0 radical (unpaired) electrons. The summed E-state index contributed by atoms with van der Waals surface area (Å²) in [6, 6.07) is 5.19. The van der Waals surface area contributed by atoms with E-state index in [0.717, 1.165) is 48.3 Å². The number of nitrogens with one attached hydrogen (secondary N) is 6. The molecule has 0 bridgehead atoms. The summed E-state index contributed by atoms with van der Waals surface area (Å²) >= 11 is 0. The molecule has 366 valence electrons. The predicted molar refractivity (Wildman–Crippen MR) is 268 cm³/mol. The normalized spacial score (nSPS) is 28.6. The van der Waals surface area contributed by atoms with E-state index in [9.17, 15) is 0 Å².